The number of aryl methyl sites for hydroxylation is 1. The van der Waals surface area contributed by atoms with E-state index in [1.54, 1.807) is 4.90 Å². The van der Waals surface area contributed by atoms with E-state index in [1.807, 2.05) is 49.4 Å². The third-order valence-corrected chi connectivity index (χ3v) is 7.68. The van der Waals surface area contributed by atoms with Gasteiger partial charge < -0.3 is 29.2 Å². The van der Waals surface area contributed by atoms with Gasteiger partial charge in [-0.25, -0.2) is 0 Å². The average Bonchev–Trinajstić information content (AvgIpc) is 3.57. The lowest BCUT2D eigenvalue weighted by Gasteiger charge is -2.33. The molecular formula is C29H35N3O6. The number of aliphatic hydroxyl groups is 1. The summed E-state index contributed by atoms with van der Waals surface area (Å²) in [4.78, 5) is 31.3. The molecule has 1 aromatic heterocycles. The number of aliphatic hydroxyl groups excluding tert-OH is 1. The Kier molecular flexibility index (Phi) is 7.95. The number of hydrogen-bond donors (Lipinski definition) is 2. The van der Waals surface area contributed by atoms with Gasteiger partial charge in [-0.3, -0.25) is 9.59 Å². The number of nitrogens with zero attached hydrogens (tertiary/aromatic N) is 2. The number of aromatic nitrogens is 1. The molecule has 2 fully saturated rings. The monoisotopic (exact) mass is 521 g/mol. The number of hydrogen-bond acceptors (Lipinski definition) is 8. The fraction of sp³-hybridized carbons (Fsp3) is 0.483. The molecule has 1 aliphatic heterocycles. The van der Waals surface area contributed by atoms with E-state index in [0.717, 1.165) is 23.2 Å². The van der Waals surface area contributed by atoms with Crippen molar-refractivity contribution in [3.05, 3.63) is 53.6 Å². The van der Waals surface area contributed by atoms with E-state index in [1.165, 1.54) is 7.11 Å². The number of ether oxygens (including phenoxy) is 2. The van der Waals surface area contributed by atoms with Crippen molar-refractivity contribution in [2.24, 2.45) is 5.92 Å². The van der Waals surface area contributed by atoms with E-state index in [9.17, 15) is 14.7 Å². The van der Waals surface area contributed by atoms with Crippen LogP contribution in [0.4, 0.5) is 11.7 Å². The molecule has 1 amide bonds. The van der Waals surface area contributed by atoms with Crippen LogP contribution >= 0.6 is 0 Å². The Labute approximate surface area is 222 Å². The van der Waals surface area contributed by atoms with Crippen molar-refractivity contribution in [3.63, 3.8) is 0 Å². The van der Waals surface area contributed by atoms with Crippen LogP contribution < -0.4 is 5.32 Å². The number of methoxy groups -OCH3 is 1. The van der Waals surface area contributed by atoms with E-state index in [0.29, 0.717) is 55.8 Å². The molecule has 3 aromatic rings. The summed E-state index contributed by atoms with van der Waals surface area (Å²) in [6, 6.07) is 13.5. The first-order chi connectivity index (χ1) is 18.4. The normalized spacial score (nSPS) is 22.4. The quantitative estimate of drug-likeness (QED) is 0.329. The van der Waals surface area contributed by atoms with Crippen LogP contribution in [-0.4, -0.2) is 59.0 Å². The van der Waals surface area contributed by atoms with Crippen LogP contribution in [0, 0.1) is 12.8 Å². The van der Waals surface area contributed by atoms with E-state index in [-0.39, 0.29) is 36.4 Å². The van der Waals surface area contributed by atoms with Gasteiger partial charge in [-0.05, 0) is 74.8 Å². The summed E-state index contributed by atoms with van der Waals surface area (Å²) in [5, 5.41) is 14.1. The molecule has 2 aliphatic rings. The molecule has 1 saturated carbocycles. The van der Waals surface area contributed by atoms with Crippen molar-refractivity contribution in [2.75, 3.05) is 19.0 Å². The van der Waals surface area contributed by atoms with Crippen LogP contribution in [0.1, 0.15) is 49.7 Å². The molecule has 2 atom stereocenters. The van der Waals surface area contributed by atoms with Crippen LogP contribution in [0.5, 0.6) is 0 Å². The maximum absolute atomic E-state index is 13.2. The van der Waals surface area contributed by atoms with Crippen LogP contribution in [0.25, 0.3) is 11.1 Å². The number of carbonyl (C=O) groups excluding carboxylic acids is 2. The number of esters is 1. The van der Waals surface area contributed by atoms with E-state index in [2.05, 4.69) is 10.3 Å². The first-order valence-electron chi connectivity index (χ1n) is 13.3. The Hall–Kier alpha value is -3.43. The second kappa shape index (κ2) is 11.5. The number of para-hydroxylation sites is 1. The molecule has 1 aliphatic carbocycles. The zero-order chi connectivity index (χ0) is 26.6. The van der Waals surface area contributed by atoms with Crippen LogP contribution in [-0.2, 0) is 25.5 Å². The van der Waals surface area contributed by atoms with Crippen molar-refractivity contribution < 1.29 is 28.6 Å². The number of rotatable bonds is 8. The van der Waals surface area contributed by atoms with Gasteiger partial charge in [0.25, 0.3) is 6.01 Å². The summed E-state index contributed by atoms with van der Waals surface area (Å²) in [6.45, 7) is 2.60. The molecule has 1 unspecified atom stereocenters. The Morgan fingerprint density at radius 2 is 1.95 bits per heavy atom. The van der Waals surface area contributed by atoms with Crippen molar-refractivity contribution in [1.82, 2.24) is 9.88 Å². The van der Waals surface area contributed by atoms with Gasteiger partial charge in [0.15, 0.2) is 11.9 Å². The number of benzene rings is 2. The number of amides is 1. The molecule has 2 heterocycles. The lowest BCUT2D eigenvalue weighted by molar-refractivity contribution is -0.181. The van der Waals surface area contributed by atoms with Gasteiger partial charge in [-0.1, -0.05) is 24.3 Å². The van der Waals surface area contributed by atoms with Gasteiger partial charge >= 0.3 is 5.97 Å². The minimum absolute atomic E-state index is 0.0540. The van der Waals surface area contributed by atoms with Crippen molar-refractivity contribution in [1.29, 1.82) is 0 Å². The Balaban J connectivity index is 1.18. The molecule has 0 radical (unpaired) electrons. The van der Waals surface area contributed by atoms with Gasteiger partial charge in [0.2, 0.25) is 5.91 Å². The lowest BCUT2D eigenvalue weighted by Crippen LogP contribution is -2.46. The predicted molar refractivity (Wildman–Crippen MR) is 142 cm³/mol. The molecule has 202 valence electrons. The Bertz CT molecular complexity index is 1280. The van der Waals surface area contributed by atoms with E-state index in [4.69, 9.17) is 13.9 Å². The molecular weight excluding hydrogens is 486 g/mol. The minimum Gasteiger partial charge on any atom is -0.469 e. The molecule has 0 bridgehead atoms. The minimum atomic E-state index is -1.05. The predicted octanol–water partition coefficient (Wildman–Crippen LogP) is 4.48. The van der Waals surface area contributed by atoms with E-state index < -0.39 is 6.29 Å². The zero-order valence-electron chi connectivity index (χ0n) is 21.9. The second-order valence-corrected chi connectivity index (χ2v) is 10.3. The number of fused-ring (bicyclic) bond motifs is 1. The average molecular weight is 522 g/mol. The first-order valence-corrected chi connectivity index (χ1v) is 13.3. The third-order valence-electron chi connectivity index (χ3n) is 7.68. The number of anilines is 2. The summed E-state index contributed by atoms with van der Waals surface area (Å²) in [5.74, 6) is -0.335. The third kappa shape index (κ3) is 5.84. The number of oxazole rings is 1. The van der Waals surface area contributed by atoms with Gasteiger partial charge in [-0.2, -0.15) is 4.98 Å². The maximum atomic E-state index is 13.2. The first kappa shape index (κ1) is 26.2. The van der Waals surface area contributed by atoms with Crippen molar-refractivity contribution in [2.45, 2.75) is 70.3 Å². The number of carbonyl (C=O) groups is 2. The summed E-state index contributed by atoms with van der Waals surface area (Å²) in [6.07, 6.45) is 3.29. The Morgan fingerprint density at radius 1 is 1.16 bits per heavy atom. The fourth-order valence-corrected chi connectivity index (χ4v) is 5.52. The van der Waals surface area contributed by atoms with Gasteiger partial charge in [-0.15, -0.1) is 0 Å². The Morgan fingerprint density at radius 3 is 2.71 bits per heavy atom. The molecule has 2 aromatic carbocycles. The molecule has 0 spiro atoms. The standard InChI is InChI=1S/C29H35N3O6/c1-18-6-3-4-7-22(18)30-29-31-23-14-9-19(16-25(23)38-29)17-26(33)32-15-5-8-24(32)28(35)37-21-12-10-20(11-13-21)27(34)36-2/h3-4,6-7,9,14,16,20-21,24,28,35H,5,8,10-13,15,17H2,1-2H3,(H,30,31)/t20-,21-,24-,28?/m0/s1. The maximum Gasteiger partial charge on any atom is 0.308 e. The highest BCUT2D eigenvalue weighted by Crippen LogP contribution is 2.30. The largest absolute Gasteiger partial charge is 0.469 e. The highest BCUT2D eigenvalue weighted by Gasteiger charge is 2.37. The zero-order valence-corrected chi connectivity index (χ0v) is 21.9. The van der Waals surface area contributed by atoms with Crippen LogP contribution in [0.3, 0.4) is 0 Å². The summed E-state index contributed by atoms with van der Waals surface area (Å²) >= 11 is 0. The molecule has 9 heteroatoms. The van der Waals surface area contributed by atoms with Crippen molar-refractivity contribution in [3.8, 4) is 0 Å². The fourth-order valence-electron chi connectivity index (χ4n) is 5.52. The summed E-state index contributed by atoms with van der Waals surface area (Å²) in [5.41, 5.74) is 4.15. The smallest absolute Gasteiger partial charge is 0.308 e. The van der Waals surface area contributed by atoms with E-state index >= 15 is 0 Å². The van der Waals surface area contributed by atoms with Crippen LogP contribution in [0.15, 0.2) is 46.9 Å². The lowest BCUT2D eigenvalue weighted by atomic mass is 9.87. The number of likely N-dealkylation sites (tertiary alicyclic amines) is 1. The highest BCUT2D eigenvalue weighted by molar-refractivity contribution is 5.82. The SMILES string of the molecule is COC(=O)[C@H]1CC[C@H](OC(O)[C@@H]2CCCN2C(=O)Cc2ccc3nc(Nc4ccccc4C)oc3c2)CC1. The highest BCUT2D eigenvalue weighted by atomic mass is 16.6. The number of nitrogens with one attached hydrogen (secondary N) is 1. The van der Waals surface area contributed by atoms with Gasteiger partial charge in [0.05, 0.1) is 31.6 Å². The van der Waals surface area contributed by atoms with Crippen molar-refractivity contribution >= 4 is 34.7 Å². The molecule has 2 N–H and O–H groups in total. The summed E-state index contributed by atoms with van der Waals surface area (Å²) in [7, 11) is 1.41. The molecule has 1 saturated heterocycles. The molecule has 38 heavy (non-hydrogen) atoms. The molecule has 9 nitrogen and oxygen atoms in total. The van der Waals surface area contributed by atoms with Gasteiger partial charge in [0.1, 0.15) is 5.52 Å². The molecule has 5 rings (SSSR count). The van der Waals surface area contributed by atoms with Crippen LogP contribution in [0.2, 0.25) is 0 Å². The summed E-state index contributed by atoms with van der Waals surface area (Å²) < 4.78 is 16.7. The van der Waals surface area contributed by atoms with Gasteiger partial charge in [0, 0.05) is 12.2 Å². The second-order valence-electron chi connectivity index (χ2n) is 10.3. The topological polar surface area (TPSA) is 114 Å².